The molecule has 2 aromatic heterocycles. The second-order valence-electron chi connectivity index (χ2n) is 4.78. The highest BCUT2D eigenvalue weighted by atomic mass is 32.1. The number of thiazole rings is 1. The van der Waals surface area contributed by atoms with Crippen LogP contribution in [0.2, 0.25) is 0 Å². The molecule has 100 valence electrons. The molecule has 2 aromatic carbocycles. The molecule has 0 spiro atoms. The van der Waals surface area contributed by atoms with E-state index in [4.69, 9.17) is 4.98 Å². The maximum absolute atomic E-state index is 4.76. The molecule has 0 atom stereocenters. The van der Waals surface area contributed by atoms with Crippen molar-refractivity contribution in [2.75, 3.05) is 0 Å². The van der Waals surface area contributed by atoms with Gasteiger partial charge >= 0.3 is 0 Å². The molecule has 0 fully saturated rings. The van der Waals surface area contributed by atoms with Gasteiger partial charge in [0.2, 0.25) is 0 Å². The van der Waals surface area contributed by atoms with E-state index in [0.717, 1.165) is 16.4 Å². The van der Waals surface area contributed by atoms with E-state index < -0.39 is 0 Å². The van der Waals surface area contributed by atoms with E-state index in [1.807, 2.05) is 18.2 Å². The average Bonchev–Trinajstić information content (AvgIpc) is 3.05. The highest BCUT2D eigenvalue weighted by Gasteiger charge is 2.09. The summed E-state index contributed by atoms with van der Waals surface area (Å²) in [5.74, 6) is 0. The zero-order chi connectivity index (χ0) is 14.1. The first-order valence-corrected chi connectivity index (χ1v) is 7.65. The molecule has 4 aromatic rings. The van der Waals surface area contributed by atoms with Gasteiger partial charge in [0.25, 0.3) is 0 Å². The highest BCUT2D eigenvalue weighted by Crippen LogP contribution is 2.32. The van der Waals surface area contributed by atoms with Gasteiger partial charge < -0.3 is 0 Å². The first-order chi connectivity index (χ1) is 10.4. The summed E-state index contributed by atoms with van der Waals surface area (Å²) in [5, 5.41) is 5.53. The number of benzene rings is 2. The lowest BCUT2D eigenvalue weighted by molar-refractivity contribution is 1.29. The van der Waals surface area contributed by atoms with Crippen LogP contribution >= 0.6 is 11.3 Å². The lowest BCUT2D eigenvalue weighted by Crippen LogP contribution is -1.83. The molecule has 0 aliphatic heterocycles. The third-order valence-electron chi connectivity index (χ3n) is 3.45. The summed E-state index contributed by atoms with van der Waals surface area (Å²) < 4.78 is 0. The summed E-state index contributed by atoms with van der Waals surface area (Å²) in [6.07, 6.45) is 1.80. The van der Waals surface area contributed by atoms with Gasteiger partial charge in [-0.3, -0.25) is 4.98 Å². The Morgan fingerprint density at radius 1 is 0.762 bits per heavy atom. The van der Waals surface area contributed by atoms with Crippen molar-refractivity contribution in [1.29, 1.82) is 0 Å². The molecule has 0 radical (unpaired) electrons. The molecule has 0 saturated carbocycles. The lowest BCUT2D eigenvalue weighted by Gasteiger charge is -2.03. The van der Waals surface area contributed by atoms with Crippen LogP contribution in [0.5, 0.6) is 0 Å². The van der Waals surface area contributed by atoms with Crippen molar-refractivity contribution in [2.24, 2.45) is 0 Å². The zero-order valence-corrected chi connectivity index (χ0v) is 12.0. The lowest BCUT2D eigenvalue weighted by atomic mass is 10.0. The van der Waals surface area contributed by atoms with Crippen molar-refractivity contribution in [3.8, 4) is 22.0 Å². The number of rotatable bonds is 2. The zero-order valence-electron chi connectivity index (χ0n) is 11.2. The Kier molecular flexibility index (Phi) is 2.98. The minimum atomic E-state index is 0.925. The maximum atomic E-state index is 4.76. The summed E-state index contributed by atoms with van der Waals surface area (Å²) in [7, 11) is 0. The van der Waals surface area contributed by atoms with E-state index >= 15 is 0 Å². The third-order valence-corrected chi connectivity index (χ3v) is 4.32. The Labute approximate surface area is 126 Å². The molecule has 0 aliphatic rings. The van der Waals surface area contributed by atoms with Gasteiger partial charge in [-0.2, -0.15) is 0 Å². The van der Waals surface area contributed by atoms with Crippen LogP contribution in [0.4, 0.5) is 0 Å². The van der Waals surface area contributed by atoms with E-state index in [2.05, 4.69) is 52.8 Å². The minimum Gasteiger partial charge on any atom is -0.254 e. The number of pyridine rings is 1. The summed E-state index contributed by atoms with van der Waals surface area (Å²) in [5.41, 5.74) is 3.11. The van der Waals surface area contributed by atoms with E-state index in [1.54, 1.807) is 17.5 Å². The molecule has 2 heterocycles. The average molecular weight is 288 g/mol. The Bertz CT molecular complexity index is 892. The largest absolute Gasteiger partial charge is 0.254 e. The van der Waals surface area contributed by atoms with E-state index in [1.165, 1.54) is 16.3 Å². The highest BCUT2D eigenvalue weighted by molar-refractivity contribution is 7.13. The molecule has 0 N–H and O–H groups in total. The number of nitrogens with zero attached hydrogens (tertiary/aromatic N) is 2. The Hall–Kier alpha value is -2.52. The Balaban J connectivity index is 1.85. The molecule has 0 unspecified atom stereocenters. The number of hydrogen-bond acceptors (Lipinski definition) is 3. The summed E-state index contributed by atoms with van der Waals surface area (Å²) in [6.45, 7) is 0. The SMILES string of the molecule is c1ccc(-c2nc(-c3cccc4ccccc34)cs2)nc1. The van der Waals surface area contributed by atoms with Gasteiger partial charge in [-0.25, -0.2) is 4.98 Å². The van der Waals surface area contributed by atoms with Crippen LogP contribution in [0.15, 0.2) is 72.2 Å². The molecule has 0 aliphatic carbocycles. The topological polar surface area (TPSA) is 25.8 Å². The molecular weight excluding hydrogens is 276 g/mol. The van der Waals surface area contributed by atoms with Gasteiger partial charge in [0.15, 0.2) is 0 Å². The van der Waals surface area contributed by atoms with Crippen LogP contribution in [-0.2, 0) is 0 Å². The van der Waals surface area contributed by atoms with Crippen LogP contribution in [0.1, 0.15) is 0 Å². The first kappa shape index (κ1) is 12.2. The van der Waals surface area contributed by atoms with Crippen LogP contribution in [-0.4, -0.2) is 9.97 Å². The van der Waals surface area contributed by atoms with Gasteiger partial charge in [-0.05, 0) is 22.9 Å². The summed E-state index contributed by atoms with van der Waals surface area (Å²) in [6, 6.07) is 20.6. The van der Waals surface area contributed by atoms with E-state index in [-0.39, 0.29) is 0 Å². The van der Waals surface area contributed by atoms with Crippen LogP contribution in [0.3, 0.4) is 0 Å². The first-order valence-electron chi connectivity index (χ1n) is 6.77. The third kappa shape index (κ3) is 2.22. The maximum Gasteiger partial charge on any atom is 0.142 e. The molecule has 0 bridgehead atoms. The quantitative estimate of drug-likeness (QED) is 0.517. The van der Waals surface area contributed by atoms with Gasteiger partial charge in [-0.1, -0.05) is 48.5 Å². The van der Waals surface area contributed by atoms with Crippen molar-refractivity contribution in [3.05, 3.63) is 72.2 Å². The fraction of sp³-hybridized carbons (Fsp3) is 0. The van der Waals surface area contributed by atoms with Crippen molar-refractivity contribution in [3.63, 3.8) is 0 Å². The second kappa shape index (κ2) is 5.11. The number of hydrogen-bond donors (Lipinski definition) is 0. The van der Waals surface area contributed by atoms with Gasteiger partial charge in [0.1, 0.15) is 5.01 Å². The smallest absolute Gasteiger partial charge is 0.142 e. The van der Waals surface area contributed by atoms with Gasteiger partial charge in [0, 0.05) is 17.1 Å². The number of fused-ring (bicyclic) bond motifs is 1. The molecule has 21 heavy (non-hydrogen) atoms. The fourth-order valence-electron chi connectivity index (χ4n) is 2.45. The molecule has 2 nitrogen and oxygen atoms in total. The predicted octanol–water partition coefficient (Wildman–Crippen LogP) is 5.03. The van der Waals surface area contributed by atoms with E-state index in [0.29, 0.717) is 0 Å². The molecule has 4 rings (SSSR count). The molecule has 0 amide bonds. The monoisotopic (exact) mass is 288 g/mol. The second-order valence-corrected chi connectivity index (χ2v) is 5.64. The minimum absolute atomic E-state index is 0.925. The molecular formula is C18H12N2S. The number of aromatic nitrogens is 2. The van der Waals surface area contributed by atoms with E-state index in [9.17, 15) is 0 Å². The van der Waals surface area contributed by atoms with Crippen molar-refractivity contribution in [2.45, 2.75) is 0 Å². The van der Waals surface area contributed by atoms with Crippen molar-refractivity contribution < 1.29 is 0 Å². The van der Waals surface area contributed by atoms with Gasteiger partial charge in [0.05, 0.1) is 11.4 Å². The van der Waals surface area contributed by atoms with Crippen LogP contribution in [0, 0.1) is 0 Å². The van der Waals surface area contributed by atoms with Crippen molar-refractivity contribution in [1.82, 2.24) is 9.97 Å². The molecule has 3 heteroatoms. The Morgan fingerprint density at radius 3 is 2.52 bits per heavy atom. The van der Waals surface area contributed by atoms with Crippen LogP contribution in [0.25, 0.3) is 32.7 Å². The van der Waals surface area contributed by atoms with Crippen LogP contribution < -0.4 is 0 Å². The fourth-order valence-corrected chi connectivity index (χ4v) is 3.25. The predicted molar refractivity (Wildman–Crippen MR) is 88.3 cm³/mol. The normalized spacial score (nSPS) is 10.9. The molecule has 0 saturated heterocycles. The van der Waals surface area contributed by atoms with Gasteiger partial charge in [-0.15, -0.1) is 11.3 Å². The standard InChI is InChI=1S/C18H12N2S/c1-2-8-14-13(6-1)7-5-9-15(14)17-12-21-18(20-17)16-10-3-4-11-19-16/h1-12H. The summed E-state index contributed by atoms with van der Waals surface area (Å²) in [4.78, 5) is 9.12. The van der Waals surface area contributed by atoms with Crippen molar-refractivity contribution >= 4 is 22.1 Å². The summed E-state index contributed by atoms with van der Waals surface area (Å²) >= 11 is 1.63. The Morgan fingerprint density at radius 2 is 1.62 bits per heavy atom.